The second kappa shape index (κ2) is 13.2. The van der Waals surface area contributed by atoms with Crippen LogP contribution in [0, 0.1) is 0 Å². The first-order valence-corrected chi connectivity index (χ1v) is 11.6. The standard InChI is InChI=1S/C24H38O9/c1-14(2)16-8-5-9-17(15(3)4)22(16)33-24(29)31-13-7-12-30-23-21(28)20(27)19(26)18(32-23)10-6-11-25/h5,8-9,14-15,18-21,23,25-28H,6-7,10-13H2,1-4H3. The minimum Gasteiger partial charge on any atom is -0.434 e. The zero-order chi connectivity index (χ0) is 24.5. The highest BCUT2D eigenvalue weighted by molar-refractivity contribution is 5.66. The Morgan fingerprint density at radius 1 is 0.970 bits per heavy atom. The molecule has 0 bridgehead atoms. The first kappa shape index (κ1) is 27.5. The van der Waals surface area contributed by atoms with Crippen LogP contribution in [0.4, 0.5) is 4.79 Å². The summed E-state index contributed by atoms with van der Waals surface area (Å²) in [5.41, 5.74) is 1.86. The van der Waals surface area contributed by atoms with Crippen molar-refractivity contribution in [2.24, 2.45) is 0 Å². The van der Waals surface area contributed by atoms with Crippen molar-refractivity contribution in [3.05, 3.63) is 29.3 Å². The molecule has 0 aliphatic carbocycles. The smallest absolute Gasteiger partial charge is 0.434 e. The van der Waals surface area contributed by atoms with Crippen molar-refractivity contribution < 1.29 is 44.2 Å². The number of carbonyl (C=O) groups is 1. The van der Waals surface area contributed by atoms with Crippen LogP contribution in [-0.4, -0.2) is 77.1 Å². The molecule has 0 aromatic heterocycles. The quantitative estimate of drug-likeness (QED) is 0.218. The maximum Gasteiger partial charge on any atom is 0.513 e. The number of hydrogen-bond donors (Lipinski definition) is 4. The summed E-state index contributed by atoms with van der Waals surface area (Å²) >= 11 is 0. The summed E-state index contributed by atoms with van der Waals surface area (Å²) in [4.78, 5) is 12.3. The zero-order valence-electron chi connectivity index (χ0n) is 19.8. The maximum atomic E-state index is 12.3. The van der Waals surface area contributed by atoms with Gasteiger partial charge in [-0.1, -0.05) is 45.9 Å². The molecule has 1 aliphatic rings. The van der Waals surface area contributed by atoms with Gasteiger partial charge in [0.15, 0.2) is 6.29 Å². The van der Waals surface area contributed by atoms with E-state index in [-0.39, 0.29) is 31.7 Å². The van der Waals surface area contributed by atoms with Gasteiger partial charge >= 0.3 is 6.16 Å². The van der Waals surface area contributed by atoms with Crippen LogP contribution in [0.5, 0.6) is 5.75 Å². The lowest BCUT2D eigenvalue weighted by Gasteiger charge is -2.40. The van der Waals surface area contributed by atoms with Crippen LogP contribution in [0.15, 0.2) is 18.2 Å². The van der Waals surface area contributed by atoms with Gasteiger partial charge < -0.3 is 39.4 Å². The Morgan fingerprint density at radius 2 is 1.61 bits per heavy atom. The number of para-hydroxylation sites is 1. The molecule has 9 heteroatoms. The molecule has 1 fully saturated rings. The number of benzene rings is 1. The Morgan fingerprint density at radius 3 is 2.18 bits per heavy atom. The second-order valence-corrected chi connectivity index (χ2v) is 8.88. The van der Waals surface area contributed by atoms with Crippen LogP contribution in [0.1, 0.15) is 69.9 Å². The van der Waals surface area contributed by atoms with E-state index in [1.54, 1.807) is 0 Å². The van der Waals surface area contributed by atoms with Gasteiger partial charge in [0, 0.05) is 13.0 Å². The van der Waals surface area contributed by atoms with Gasteiger partial charge in [-0.25, -0.2) is 4.79 Å². The van der Waals surface area contributed by atoms with Crippen molar-refractivity contribution in [1.82, 2.24) is 0 Å². The molecular formula is C24H38O9. The van der Waals surface area contributed by atoms with E-state index < -0.39 is 36.9 Å². The maximum absolute atomic E-state index is 12.3. The molecule has 188 valence electrons. The summed E-state index contributed by atoms with van der Waals surface area (Å²) in [6, 6.07) is 5.82. The Bertz CT molecular complexity index is 710. The number of rotatable bonds is 11. The van der Waals surface area contributed by atoms with E-state index in [0.29, 0.717) is 25.0 Å². The fourth-order valence-electron chi connectivity index (χ4n) is 3.71. The van der Waals surface area contributed by atoms with Crippen LogP contribution < -0.4 is 4.74 Å². The van der Waals surface area contributed by atoms with Crippen molar-refractivity contribution in [3.63, 3.8) is 0 Å². The molecule has 9 nitrogen and oxygen atoms in total. The van der Waals surface area contributed by atoms with Gasteiger partial charge in [0.25, 0.3) is 0 Å². The molecule has 33 heavy (non-hydrogen) atoms. The summed E-state index contributed by atoms with van der Waals surface area (Å²) in [5, 5.41) is 39.1. The molecule has 0 spiro atoms. The molecule has 5 atom stereocenters. The molecule has 1 aromatic rings. The predicted octanol–water partition coefficient (Wildman–Crippen LogP) is 2.44. The monoisotopic (exact) mass is 470 g/mol. The number of aliphatic hydroxyl groups excluding tert-OH is 4. The summed E-state index contributed by atoms with van der Waals surface area (Å²) < 4.78 is 21.7. The minimum atomic E-state index is -1.42. The number of hydrogen-bond acceptors (Lipinski definition) is 9. The van der Waals surface area contributed by atoms with Crippen molar-refractivity contribution in [2.45, 2.75) is 89.5 Å². The fraction of sp³-hybridized carbons (Fsp3) is 0.708. The number of aliphatic hydroxyl groups is 4. The highest BCUT2D eigenvalue weighted by Gasteiger charge is 2.43. The van der Waals surface area contributed by atoms with E-state index in [4.69, 9.17) is 24.1 Å². The normalized spacial score (nSPS) is 25.5. The molecule has 0 saturated carbocycles. The van der Waals surface area contributed by atoms with E-state index in [1.807, 2.05) is 45.9 Å². The molecule has 1 saturated heterocycles. The third kappa shape index (κ3) is 7.63. The van der Waals surface area contributed by atoms with Crippen molar-refractivity contribution in [2.75, 3.05) is 19.8 Å². The van der Waals surface area contributed by atoms with Crippen molar-refractivity contribution in [1.29, 1.82) is 0 Å². The van der Waals surface area contributed by atoms with E-state index in [0.717, 1.165) is 11.1 Å². The molecule has 2 rings (SSSR count). The number of carbonyl (C=O) groups excluding carboxylic acids is 1. The van der Waals surface area contributed by atoms with Crippen LogP contribution in [0.2, 0.25) is 0 Å². The van der Waals surface area contributed by atoms with Gasteiger partial charge in [-0.05, 0) is 35.8 Å². The molecule has 0 amide bonds. The largest absolute Gasteiger partial charge is 0.513 e. The lowest BCUT2D eigenvalue weighted by Crippen LogP contribution is -2.58. The van der Waals surface area contributed by atoms with E-state index in [9.17, 15) is 20.1 Å². The molecule has 1 heterocycles. The summed E-state index contributed by atoms with van der Waals surface area (Å²) in [5.74, 6) is 0.887. The van der Waals surface area contributed by atoms with Gasteiger partial charge in [-0.15, -0.1) is 0 Å². The van der Waals surface area contributed by atoms with Gasteiger partial charge in [0.05, 0.1) is 19.3 Å². The van der Waals surface area contributed by atoms with Crippen LogP contribution in [0.3, 0.4) is 0 Å². The lowest BCUT2D eigenvalue weighted by molar-refractivity contribution is -0.298. The average Bonchev–Trinajstić information content (AvgIpc) is 2.77. The lowest BCUT2D eigenvalue weighted by atomic mass is 9.94. The summed E-state index contributed by atoms with van der Waals surface area (Å²) in [6.45, 7) is 8.15. The Labute approximate surface area is 195 Å². The molecule has 5 unspecified atom stereocenters. The highest BCUT2D eigenvalue weighted by Crippen LogP contribution is 2.34. The topological polar surface area (TPSA) is 135 Å². The Kier molecular flexibility index (Phi) is 11.0. The average molecular weight is 471 g/mol. The van der Waals surface area contributed by atoms with Crippen LogP contribution in [-0.2, 0) is 14.2 Å². The van der Waals surface area contributed by atoms with Gasteiger partial charge in [-0.2, -0.15) is 0 Å². The third-order valence-electron chi connectivity index (χ3n) is 5.61. The Balaban J connectivity index is 1.82. The molecular weight excluding hydrogens is 432 g/mol. The highest BCUT2D eigenvalue weighted by atomic mass is 16.7. The van der Waals surface area contributed by atoms with E-state index in [2.05, 4.69) is 0 Å². The van der Waals surface area contributed by atoms with Crippen LogP contribution >= 0.6 is 0 Å². The summed E-state index contributed by atoms with van der Waals surface area (Å²) in [6.07, 6.45) is -5.81. The van der Waals surface area contributed by atoms with Crippen molar-refractivity contribution >= 4 is 6.16 Å². The van der Waals surface area contributed by atoms with Gasteiger partial charge in [0.1, 0.15) is 24.1 Å². The van der Waals surface area contributed by atoms with E-state index in [1.165, 1.54) is 0 Å². The van der Waals surface area contributed by atoms with Gasteiger partial charge in [-0.3, -0.25) is 0 Å². The van der Waals surface area contributed by atoms with E-state index >= 15 is 0 Å². The first-order chi connectivity index (χ1) is 15.7. The van der Waals surface area contributed by atoms with Crippen LogP contribution in [0.25, 0.3) is 0 Å². The molecule has 1 aromatic carbocycles. The Hall–Kier alpha value is -1.75. The predicted molar refractivity (Wildman–Crippen MR) is 120 cm³/mol. The van der Waals surface area contributed by atoms with Crippen molar-refractivity contribution in [3.8, 4) is 5.75 Å². The van der Waals surface area contributed by atoms with Gasteiger partial charge in [0.2, 0.25) is 0 Å². The zero-order valence-corrected chi connectivity index (χ0v) is 19.8. The third-order valence-corrected chi connectivity index (χ3v) is 5.61. The minimum absolute atomic E-state index is 0.0294. The molecule has 4 N–H and O–H groups in total. The number of ether oxygens (including phenoxy) is 4. The molecule has 0 radical (unpaired) electrons. The summed E-state index contributed by atoms with van der Waals surface area (Å²) in [7, 11) is 0. The fourth-order valence-corrected chi connectivity index (χ4v) is 3.71. The SMILES string of the molecule is CC(C)c1cccc(C(C)C)c1OC(=O)OCCCOC1OC(CCCO)C(O)C(O)C1O. The molecule has 1 aliphatic heterocycles. The second-order valence-electron chi connectivity index (χ2n) is 8.88. The first-order valence-electron chi connectivity index (χ1n) is 11.6.